The van der Waals surface area contributed by atoms with Gasteiger partial charge < -0.3 is 9.80 Å². The molecule has 14 rings (SSSR count). The number of aromatic nitrogens is 2. The van der Waals surface area contributed by atoms with Crippen LogP contribution >= 0.6 is 0 Å². The monoisotopic (exact) mass is 954 g/mol. The van der Waals surface area contributed by atoms with Gasteiger partial charge in [-0.05, 0) is 127 Å². The lowest BCUT2D eigenvalue weighted by molar-refractivity contribution is 0.543. The molecule has 74 heavy (non-hydrogen) atoms. The smallest absolute Gasteiger partial charge is 0.145 e. The first-order valence-electron chi connectivity index (χ1n) is 26.8. The number of para-hydroxylation sites is 5. The molecule has 4 aliphatic carbocycles. The van der Waals surface area contributed by atoms with E-state index in [1.165, 1.54) is 84.1 Å². The number of hydrogen-bond acceptors (Lipinski definition) is 3. The highest BCUT2D eigenvalue weighted by molar-refractivity contribution is 5.91. The molecule has 2 atom stereocenters. The summed E-state index contributed by atoms with van der Waals surface area (Å²) < 4.78 is 2.36. The zero-order valence-electron chi connectivity index (χ0n) is 41.9. The van der Waals surface area contributed by atoms with Gasteiger partial charge >= 0.3 is 0 Å². The summed E-state index contributed by atoms with van der Waals surface area (Å²) in [5.41, 5.74) is 20.9. The van der Waals surface area contributed by atoms with E-state index in [-0.39, 0.29) is 6.04 Å². The van der Waals surface area contributed by atoms with Crippen molar-refractivity contribution in [3.63, 3.8) is 0 Å². The molecule has 7 aromatic carbocycles. The Balaban J connectivity index is 0.999. The highest BCUT2D eigenvalue weighted by Gasteiger charge is 2.56. The molecule has 0 radical (unpaired) electrons. The van der Waals surface area contributed by atoms with Crippen molar-refractivity contribution >= 4 is 44.9 Å². The fourth-order valence-corrected chi connectivity index (χ4v) is 13.5. The molecule has 6 aliphatic rings. The quantitative estimate of drug-likeness (QED) is 0.152. The number of aryl methyl sites for hydroxylation is 1. The molecular formula is C70H58N4. The number of imidazole rings is 1. The van der Waals surface area contributed by atoms with Gasteiger partial charge in [0.2, 0.25) is 0 Å². The van der Waals surface area contributed by atoms with Crippen molar-refractivity contribution in [1.82, 2.24) is 9.55 Å². The topological polar surface area (TPSA) is 24.3 Å². The van der Waals surface area contributed by atoms with Crippen LogP contribution in [-0.4, -0.2) is 15.6 Å². The predicted octanol–water partition coefficient (Wildman–Crippen LogP) is 16.9. The van der Waals surface area contributed by atoms with Crippen LogP contribution in [0.4, 0.5) is 17.1 Å². The average Bonchev–Trinajstić information content (AvgIpc) is 3.89. The minimum absolute atomic E-state index is 0.0474. The third kappa shape index (κ3) is 6.70. The Bertz CT molecular complexity index is 3750. The van der Waals surface area contributed by atoms with E-state index in [4.69, 9.17) is 4.98 Å². The van der Waals surface area contributed by atoms with Gasteiger partial charge in [0.05, 0.1) is 22.5 Å². The van der Waals surface area contributed by atoms with E-state index in [1.54, 1.807) is 0 Å². The normalized spacial score (nSPS) is 20.3. The van der Waals surface area contributed by atoms with Crippen LogP contribution in [0.15, 0.2) is 254 Å². The van der Waals surface area contributed by atoms with E-state index < -0.39 is 11.0 Å². The molecule has 0 amide bonds. The Hall–Kier alpha value is -8.47. The summed E-state index contributed by atoms with van der Waals surface area (Å²) in [5, 5.41) is 0. The van der Waals surface area contributed by atoms with Crippen LogP contribution in [0.3, 0.4) is 0 Å². The van der Waals surface area contributed by atoms with Crippen molar-refractivity contribution in [1.29, 1.82) is 0 Å². The van der Waals surface area contributed by atoms with Crippen LogP contribution in [-0.2, 0) is 11.0 Å². The van der Waals surface area contributed by atoms with E-state index in [1.807, 2.05) is 0 Å². The lowest BCUT2D eigenvalue weighted by Crippen LogP contribution is -2.55. The minimum atomic E-state index is -0.790. The molecule has 0 bridgehead atoms. The second kappa shape index (κ2) is 17.9. The van der Waals surface area contributed by atoms with E-state index in [2.05, 4.69) is 264 Å². The Kier molecular flexibility index (Phi) is 10.7. The van der Waals surface area contributed by atoms with Crippen LogP contribution in [0.2, 0.25) is 0 Å². The molecular weight excluding hydrogens is 897 g/mol. The van der Waals surface area contributed by atoms with Crippen LogP contribution < -0.4 is 9.80 Å². The van der Waals surface area contributed by atoms with Gasteiger partial charge in [-0.15, -0.1) is 0 Å². The molecule has 8 aromatic rings. The summed E-state index contributed by atoms with van der Waals surface area (Å²) in [6, 6.07) is 66.8. The molecule has 0 fully saturated rings. The van der Waals surface area contributed by atoms with E-state index in [0.29, 0.717) is 0 Å². The zero-order valence-corrected chi connectivity index (χ0v) is 41.9. The van der Waals surface area contributed by atoms with Crippen LogP contribution in [0.1, 0.15) is 95.3 Å². The van der Waals surface area contributed by atoms with Gasteiger partial charge in [-0.3, -0.25) is 4.57 Å². The first-order valence-corrected chi connectivity index (χ1v) is 26.8. The maximum absolute atomic E-state index is 5.30. The van der Waals surface area contributed by atoms with Gasteiger partial charge in [-0.2, -0.15) is 0 Å². The Morgan fingerprint density at radius 1 is 0.514 bits per heavy atom. The van der Waals surface area contributed by atoms with Gasteiger partial charge in [0.15, 0.2) is 0 Å². The lowest BCUT2D eigenvalue weighted by Gasteiger charge is -2.58. The van der Waals surface area contributed by atoms with Crippen LogP contribution in [0.5, 0.6) is 0 Å². The number of nitrogens with zero attached hydrogens (tertiary/aromatic N) is 4. The third-order valence-corrected chi connectivity index (χ3v) is 16.6. The maximum atomic E-state index is 5.30. The summed E-state index contributed by atoms with van der Waals surface area (Å²) in [4.78, 5) is 10.8. The Labute approximate surface area is 435 Å². The Morgan fingerprint density at radius 3 is 1.91 bits per heavy atom. The summed E-state index contributed by atoms with van der Waals surface area (Å²) in [6.07, 6.45) is 32.9. The molecule has 0 saturated heterocycles. The minimum Gasteiger partial charge on any atom is -0.333 e. The number of rotatable bonds is 8. The largest absolute Gasteiger partial charge is 0.333 e. The second-order valence-corrected chi connectivity index (χ2v) is 20.7. The van der Waals surface area contributed by atoms with Gasteiger partial charge in [-0.1, -0.05) is 212 Å². The number of anilines is 3. The van der Waals surface area contributed by atoms with Gasteiger partial charge in [0.1, 0.15) is 11.4 Å². The molecule has 2 aliphatic heterocycles. The predicted molar refractivity (Wildman–Crippen MR) is 307 cm³/mol. The summed E-state index contributed by atoms with van der Waals surface area (Å²) in [5.74, 6) is 0.992. The molecule has 4 heteroatoms. The van der Waals surface area contributed by atoms with Gasteiger partial charge in [0, 0.05) is 45.2 Å². The number of fused-ring (bicyclic) bond motifs is 4. The number of allylic oxidation sites excluding steroid dienone is 14. The van der Waals surface area contributed by atoms with E-state index in [0.717, 1.165) is 67.4 Å². The molecule has 1 aromatic heterocycles. The average molecular weight is 955 g/mol. The number of hydrogen-bond donors (Lipinski definition) is 0. The molecule has 2 unspecified atom stereocenters. The summed E-state index contributed by atoms with van der Waals surface area (Å²) in [7, 11) is 0. The summed E-state index contributed by atoms with van der Waals surface area (Å²) in [6.45, 7) is 2.23. The maximum Gasteiger partial charge on any atom is 0.145 e. The van der Waals surface area contributed by atoms with Crippen LogP contribution in [0.25, 0.3) is 27.9 Å². The lowest BCUT2D eigenvalue weighted by atomic mass is 9.59. The number of benzene rings is 7. The van der Waals surface area contributed by atoms with Gasteiger partial charge in [-0.25, -0.2) is 4.98 Å². The Morgan fingerprint density at radius 2 is 1.19 bits per heavy atom. The van der Waals surface area contributed by atoms with Crippen molar-refractivity contribution in [2.24, 2.45) is 0 Å². The first-order chi connectivity index (χ1) is 36.6. The second-order valence-electron chi connectivity index (χ2n) is 20.7. The molecule has 0 saturated carbocycles. The fourth-order valence-electron chi connectivity index (χ4n) is 13.5. The summed E-state index contributed by atoms with van der Waals surface area (Å²) >= 11 is 0. The standard InChI is InChI=1S/C70H58N4/c1-49-22-21-27-55(48-49)69(53-25-7-3-8-26-53)58-30-11-18-37-65(58)74(66-38-19-12-31-59(66)69)70(54-44-40-51(41-45-54)50-23-5-2-6-24-50)60-32-13-16-35-63(60)72(64-36-17-14-33-61(64)70)57-46-42-52(43-47-57)68-71-62-34-15-20-39-67(62)73(68)56-28-9-4-10-29-56/h3,5,7-9,11-18,20-37,39-46,48,57H,2,4,6,10,19,38,47H2,1H3. The highest BCUT2D eigenvalue weighted by atomic mass is 15.3. The molecule has 4 nitrogen and oxygen atoms in total. The molecule has 0 N–H and O–H groups in total. The SMILES string of the molecule is Cc1cccc(C2(c3ccccc3)C3=C(CCC=C3)N(C3(c4ccc(C5=CCCC=C5)cc4)c4ccccc4N(C4C=CC(c5nc6ccccc6n5C5=CCCC=C5)=CC4)c4ccccc43)c3ccccc32)c1. The first kappa shape index (κ1) is 44.2. The van der Waals surface area contributed by atoms with Crippen molar-refractivity contribution < 1.29 is 0 Å². The molecule has 3 heterocycles. The zero-order chi connectivity index (χ0) is 49.2. The van der Waals surface area contributed by atoms with Crippen molar-refractivity contribution in [3.05, 3.63) is 304 Å². The highest BCUT2D eigenvalue weighted by Crippen LogP contribution is 2.63. The van der Waals surface area contributed by atoms with E-state index in [9.17, 15) is 0 Å². The van der Waals surface area contributed by atoms with Crippen molar-refractivity contribution in [2.45, 2.75) is 68.9 Å². The fraction of sp³-hybridized carbons (Fsp3) is 0.157. The van der Waals surface area contributed by atoms with Crippen molar-refractivity contribution in [2.75, 3.05) is 9.80 Å². The van der Waals surface area contributed by atoms with Crippen LogP contribution in [0, 0.1) is 6.92 Å². The van der Waals surface area contributed by atoms with E-state index >= 15 is 0 Å². The third-order valence-electron chi connectivity index (χ3n) is 16.6. The van der Waals surface area contributed by atoms with Crippen molar-refractivity contribution in [3.8, 4) is 0 Å². The molecule has 358 valence electrons. The van der Waals surface area contributed by atoms with Gasteiger partial charge in [0.25, 0.3) is 0 Å². The molecule has 0 spiro atoms.